The molecular formula is C22H25NO. The van der Waals surface area contributed by atoms with Crippen molar-refractivity contribution in [3.63, 3.8) is 0 Å². The number of anilines is 2. The summed E-state index contributed by atoms with van der Waals surface area (Å²) in [6.07, 6.45) is 0. The molecule has 3 rings (SSSR count). The Bertz CT molecular complexity index is 846. The van der Waals surface area contributed by atoms with Crippen molar-refractivity contribution < 1.29 is 4.74 Å². The molecule has 124 valence electrons. The maximum atomic E-state index is 5.62. The number of hydrogen-bond donors (Lipinski definition) is 1. The lowest BCUT2D eigenvalue weighted by Crippen LogP contribution is -2.13. The molecule has 0 aliphatic carbocycles. The molecule has 0 saturated heterocycles. The first-order chi connectivity index (χ1) is 11.5. The Morgan fingerprint density at radius 2 is 1.62 bits per heavy atom. The van der Waals surface area contributed by atoms with Crippen molar-refractivity contribution in [3.8, 4) is 5.75 Å². The zero-order valence-corrected chi connectivity index (χ0v) is 14.9. The fourth-order valence-corrected chi connectivity index (χ4v) is 2.96. The van der Waals surface area contributed by atoms with Crippen LogP contribution in [0, 0.1) is 0 Å². The van der Waals surface area contributed by atoms with Crippen LogP contribution in [-0.4, -0.2) is 6.61 Å². The summed E-state index contributed by atoms with van der Waals surface area (Å²) in [6, 6.07) is 21.2. The Morgan fingerprint density at radius 1 is 0.875 bits per heavy atom. The number of ether oxygens (including phenoxy) is 1. The Labute approximate surface area is 144 Å². The highest BCUT2D eigenvalue weighted by molar-refractivity contribution is 5.88. The fraction of sp³-hybridized carbons (Fsp3) is 0.273. The van der Waals surface area contributed by atoms with E-state index in [0.717, 1.165) is 17.1 Å². The van der Waals surface area contributed by atoms with Crippen molar-refractivity contribution in [1.82, 2.24) is 0 Å². The molecule has 0 atom stereocenters. The average molecular weight is 319 g/mol. The van der Waals surface area contributed by atoms with Crippen molar-refractivity contribution >= 4 is 22.1 Å². The van der Waals surface area contributed by atoms with Crippen molar-refractivity contribution in [2.24, 2.45) is 0 Å². The molecule has 0 saturated carbocycles. The quantitative estimate of drug-likeness (QED) is 0.611. The van der Waals surface area contributed by atoms with E-state index in [9.17, 15) is 0 Å². The maximum absolute atomic E-state index is 5.62. The molecule has 0 spiro atoms. The topological polar surface area (TPSA) is 21.3 Å². The van der Waals surface area contributed by atoms with Gasteiger partial charge in [0, 0.05) is 11.4 Å². The Kier molecular flexibility index (Phi) is 4.48. The van der Waals surface area contributed by atoms with Crippen molar-refractivity contribution in [2.75, 3.05) is 11.9 Å². The number of rotatable bonds is 4. The van der Waals surface area contributed by atoms with Gasteiger partial charge in [-0.3, -0.25) is 0 Å². The second-order valence-corrected chi connectivity index (χ2v) is 7.08. The van der Waals surface area contributed by atoms with Gasteiger partial charge >= 0.3 is 0 Å². The number of benzene rings is 3. The summed E-state index contributed by atoms with van der Waals surface area (Å²) in [5.74, 6) is 0.914. The standard InChI is InChI=1S/C22H25NO/c1-5-24-19-13-11-16-10-12-18(14-17(16)15-19)23-21-9-7-6-8-20(21)22(2,3)4/h6-15,23H,5H2,1-4H3. The van der Waals surface area contributed by atoms with E-state index in [-0.39, 0.29) is 5.41 Å². The number of fused-ring (bicyclic) bond motifs is 1. The van der Waals surface area contributed by atoms with E-state index in [4.69, 9.17) is 4.74 Å². The van der Waals surface area contributed by atoms with Crippen LogP contribution in [0.3, 0.4) is 0 Å². The Hall–Kier alpha value is -2.48. The molecular weight excluding hydrogens is 294 g/mol. The summed E-state index contributed by atoms with van der Waals surface area (Å²) in [6.45, 7) is 9.40. The van der Waals surface area contributed by atoms with E-state index in [1.54, 1.807) is 0 Å². The smallest absolute Gasteiger partial charge is 0.119 e. The van der Waals surface area contributed by atoms with Crippen LogP contribution in [0.4, 0.5) is 11.4 Å². The summed E-state index contributed by atoms with van der Waals surface area (Å²) < 4.78 is 5.62. The van der Waals surface area contributed by atoms with Crippen molar-refractivity contribution in [2.45, 2.75) is 33.1 Å². The summed E-state index contributed by atoms with van der Waals surface area (Å²) in [4.78, 5) is 0. The fourth-order valence-electron chi connectivity index (χ4n) is 2.96. The van der Waals surface area contributed by atoms with Crippen LogP contribution in [0.5, 0.6) is 5.75 Å². The number of nitrogens with one attached hydrogen (secondary N) is 1. The molecule has 3 aromatic carbocycles. The van der Waals surface area contributed by atoms with Crippen LogP contribution < -0.4 is 10.1 Å². The SMILES string of the molecule is CCOc1ccc2ccc(Nc3ccccc3C(C)(C)C)cc2c1. The average Bonchev–Trinajstić information content (AvgIpc) is 2.54. The van der Waals surface area contributed by atoms with Gasteiger partial charge in [0.1, 0.15) is 5.75 Å². The van der Waals surface area contributed by atoms with Crippen LogP contribution >= 0.6 is 0 Å². The van der Waals surface area contributed by atoms with Gasteiger partial charge in [-0.1, -0.05) is 51.1 Å². The molecule has 0 aliphatic heterocycles. The van der Waals surface area contributed by atoms with Gasteiger partial charge in [-0.15, -0.1) is 0 Å². The van der Waals surface area contributed by atoms with E-state index in [1.807, 2.05) is 13.0 Å². The van der Waals surface area contributed by atoms with E-state index >= 15 is 0 Å². The third-order valence-corrected chi connectivity index (χ3v) is 4.14. The highest BCUT2D eigenvalue weighted by Crippen LogP contribution is 2.32. The largest absolute Gasteiger partial charge is 0.494 e. The normalized spacial score (nSPS) is 11.5. The predicted molar refractivity (Wildman–Crippen MR) is 104 cm³/mol. The third-order valence-electron chi connectivity index (χ3n) is 4.14. The number of hydrogen-bond acceptors (Lipinski definition) is 2. The van der Waals surface area contributed by atoms with Crippen LogP contribution in [0.25, 0.3) is 10.8 Å². The Morgan fingerprint density at radius 3 is 2.38 bits per heavy atom. The zero-order chi connectivity index (χ0) is 17.2. The number of para-hydroxylation sites is 1. The summed E-state index contributed by atoms with van der Waals surface area (Å²) in [5, 5.41) is 5.98. The van der Waals surface area contributed by atoms with Crippen molar-refractivity contribution in [3.05, 3.63) is 66.2 Å². The predicted octanol–water partition coefficient (Wildman–Crippen LogP) is 6.28. The van der Waals surface area contributed by atoms with Crippen LogP contribution in [0.2, 0.25) is 0 Å². The van der Waals surface area contributed by atoms with Gasteiger partial charge in [0.2, 0.25) is 0 Å². The van der Waals surface area contributed by atoms with Crippen LogP contribution in [0.1, 0.15) is 33.3 Å². The minimum absolute atomic E-state index is 0.0998. The highest BCUT2D eigenvalue weighted by Gasteiger charge is 2.17. The summed E-state index contributed by atoms with van der Waals surface area (Å²) >= 11 is 0. The first kappa shape index (κ1) is 16.4. The molecule has 0 amide bonds. The highest BCUT2D eigenvalue weighted by atomic mass is 16.5. The van der Waals surface area contributed by atoms with Crippen molar-refractivity contribution in [1.29, 1.82) is 0 Å². The molecule has 0 aliphatic rings. The second-order valence-electron chi connectivity index (χ2n) is 7.08. The molecule has 2 heteroatoms. The lowest BCUT2D eigenvalue weighted by molar-refractivity contribution is 0.341. The minimum Gasteiger partial charge on any atom is -0.494 e. The molecule has 0 heterocycles. The first-order valence-electron chi connectivity index (χ1n) is 8.50. The van der Waals surface area contributed by atoms with Gasteiger partial charge in [0.15, 0.2) is 0 Å². The lowest BCUT2D eigenvalue weighted by Gasteiger charge is -2.23. The zero-order valence-electron chi connectivity index (χ0n) is 14.9. The maximum Gasteiger partial charge on any atom is 0.119 e. The van der Waals surface area contributed by atoms with Gasteiger partial charge in [-0.2, -0.15) is 0 Å². The summed E-state index contributed by atoms with van der Waals surface area (Å²) in [7, 11) is 0. The molecule has 0 aromatic heterocycles. The second kappa shape index (κ2) is 6.56. The van der Waals surface area contributed by atoms with Gasteiger partial charge in [-0.05, 0) is 59.0 Å². The lowest BCUT2D eigenvalue weighted by atomic mass is 9.86. The Balaban J connectivity index is 1.96. The minimum atomic E-state index is 0.0998. The van der Waals surface area contributed by atoms with E-state index in [2.05, 4.69) is 80.7 Å². The van der Waals surface area contributed by atoms with Gasteiger partial charge in [0.25, 0.3) is 0 Å². The van der Waals surface area contributed by atoms with Gasteiger partial charge in [0.05, 0.1) is 6.61 Å². The summed E-state index contributed by atoms with van der Waals surface area (Å²) in [5.41, 5.74) is 3.66. The van der Waals surface area contributed by atoms with E-state index in [0.29, 0.717) is 6.61 Å². The van der Waals surface area contributed by atoms with Gasteiger partial charge in [-0.25, -0.2) is 0 Å². The monoisotopic (exact) mass is 319 g/mol. The molecule has 2 nitrogen and oxygen atoms in total. The third kappa shape index (κ3) is 3.53. The first-order valence-corrected chi connectivity index (χ1v) is 8.50. The van der Waals surface area contributed by atoms with E-state index in [1.165, 1.54) is 16.3 Å². The van der Waals surface area contributed by atoms with Crippen LogP contribution in [0.15, 0.2) is 60.7 Å². The molecule has 0 unspecified atom stereocenters. The van der Waals surface area contributed by atoms with E-state index < -0.39 is 0 Å². The van der Waals surface area contributed by atoms with Gasteiger partial charge < -0.3 is 10.1 Å². The molecule has 0 radical (unpaired) electrons. The molecule has 3 aromatic rings. The molecule has 1 N–H and O–H groups in total. The van der Waals surface area contributed by atoms with Crippen LogP contribution in [-0.2, 0) is 5.41 Å². The molecule has 24 heavy (non-hydrogen) atoms. The molecule has 0 fully saturated rings. The molecule has 0 bridgehead atoms.